The van der Waals surface area contributed by atoms with Crippen molar-refractivity contribution in [3.63, 3.8) is 0 Å². The van der Waals surface area contributed by atoms with E-state index in [1.165, 1.54) is 0 Å². The Morgan fingerprint density at radius 3 is 2.70 bits per heavy atom. The van der Waals surface area contributed by atoms with Crippen LogP contribution < -0.4 is 5.73 Å². The van der Waals surface area contributed by atoms with Crippen LogP contribution in [0, 0.1) is 0 Å². The van der Waals surface area contributed by atoms with Crippen molar-refractivity contribution in [1.82, 2.24) is 0 Å². The minimum absolute atomic E-state index is 0.0267. The lowest BCUT2D eigenvalue weighted by Gasteiger charge is -2.05. The summed E-state index contributed by atoms with van der Waals surface area (Å²) in [4.78, 5) is 0. The molecule has 0 aromatic rings. The van der Waals surface area contributed by atoms with Gasteiger partial charge in [0, 0.05) is 6.04 Å². The summed E-state index contributed by atoms with van der Waals surface area (Å²) < 4.78 is 0. The van der Waals surface area contributed by atoms with Gasteiger partial charge in [0.1, 0.15) is 0 Å². The highest BCUT2D eigenvalue weighted by Gasteiger charge is 1.97. The molecule has 1 aliphatic carbocycles. The summed E-state index contributed by atoms with van der Waals surface area (Å²) in [5.41, 5.74) is 6.62. The van der Waals surface area contributed by atoms with Gasteiger partial charge in [0.2, 0.25) is 0 Å². The molecule has 0 fully saturated rings. The summed E-state index contributed by atoms with van der Waals surface area (Å²) in [7, 11) is 0. The molecule has 10 heavy (non-hydrogen) atoms. The molecule has 0 bridgehead atoms. The average molecular weight is 133 g/mol. The first-order valence-corrected chi connectivity index (χ1v) is 3.26. The third-order valence-corrected chi connectivity index (χ3v) is 1.39. The molecule has 1 atom stereocenters. The number of allylic oxidation sites excluding steroid dienone is 4. The second-order valence-corrected chi connectivity index (χ2v) is 2.23. The molecule has 1 unspecified atom stereocenters. The molecule has 0 saturated heterocycles. The summed E-state index contributed by atoms with van der Waals surface area (Å²) in [5, 5.41) is 0. The fourth-order valence-corrected chi connectivity index (χ4v) is 0.726. The number of hydrogen-bond donors (Lipinski definition) is 1. The Bertz CT molecular complexity index is 209. The van der Waals surface area contributed by atoms with Crippen LogP contribution in [0.5, 0.6) is 0 Å². The molecule has 1 heteroatoms. The van der Waals surface area contributed by atoms with Gasteiger partial charge in [-0.15, -0.1) is 0 Å². The molecular weight excluding hydrogens is 122 g/mol. The molecule has 2 N–H and O–H groups in total. The lowest BCUT2D eigenvalue weighted by Crippen LogP contribution is -2.17. The zero-order valence-electron chi connectivity index (χ0n) is 5.83. The molecule has 0 amide bonds. The van der Waals surface area contributed by atoms with Gasteiger partial charge in [-0.25, -0.2) is 0 Å². The minimum Gasteiger partial charge on any atom is -0.321 e. The van der Waals surface area contributed by atoms with Crippen LogP contribution >= 0.6 is 0 Å². The average Bonchev–Trinajstić information content (AvgIpc) is 1.92. The molecule has 0 saturated carbocycles. The van der Waals surface area contributed by atoms with Crippen molar-refractivity contribution in [2.45, 2.75) is 6.04 Å². The molecule has 1 aliphatic rings. The van der Waals surface area contributed by atoms with Gasteiger partial charge in [0.05, 0.1) is 0 Å². The maximum atomic E-state index is 5.68. The molecule has 1 nitrogen and oxygen atoms in total. The van der Waals surface area contributed by atoms with Gasteiger partial charge in [0.15, 0.2) is 0 Å². The molecule has 0 radical (unpaired) electrons. The molecule has 0 aromatic carbocycles. The third kappa shape index (κ3) is 1.71. The van der Waals surface area contributed by atoms with Crippen LogP contribution in [-0.2, 0) is 0 Å². The standard InChI is InChI=1S/C9H11N/c1-8-6-4-2-3-5-7-9(8)10/h2-7,9H,1,10H2. The molecule has 0 heterocycles. The number of hydrogen-bond acceptors (Lipinski definition) is 1. The van der Waals surface area contributed by atoms with Crippen molar-refractivity contribution >= 4 is 0 Å². The highest BCUT2D eigenvalue weighted by molar-refractivity contribution is 5.31. The van der Waals surface area contributed by atoms with Gasteiger partial charge >= 0.3 is 0 Å². The SMILES string of the molecule is C=C1C=CC=CC=CC1N. The zero-order chi connectivity index (χ0) is 7.40. The predicted octanol–water partition coefficient (Wildman–Crippen LogP) is 1.55. The van der Waals surface area contributed by atoms with Gasteiger partial charge in [-0.05, 0) is 5.57 Å². The highest BCUT2D eigenvalue weighted by atomic mass is 14.6. The van der Waals surface area contributed by atoms with Crippen LogP contribution in [0.15, 0.2) is 48.6 Å². The third-order valence-electron chi connectivity index (χ3n) is 1.39. The van der Waals surface area contributed by atoms with E-state index in [1.807, 2.05) is 36.5 Å². The Balaban J connectivity index is 2.81. The smallest absolute Gasteiger partial charge is 0.0478 e. The Hall–Kier alpha value is -1.08. The van der Waals surface area contributed by atoms with Crippen LogP contribution in [0.2, 0.25) is 0 Å². The largest absolute Gasteiger partial charge is 0.321 e. The summed E-state index contributed by atoms with van der Waals surface area (Å²) >= 11 is 0. The highest BCUT2D eigenvalue weighted by Crippen LogP contribution is 2.02. The molecule has 1 rings (SSSR count). The lowest BCUT2D eigenvalue weighted by atomic mass is 10.1. The molecule has 0 spiro atoms. The van der Waals surface area contributed by atoms with Gasteiger partial charge in [0.25, 0.3) is 0 Å². The van der Waals surface area contributed by atoms with Crippen molar-refractivity contribution in [2.75, 3.05) is 0 Å². The van der Waals surface area contributed by atoms with E-state index in [2.05, 4.69) is 6.58 Å². The van der Waals surface area contributed by atoms with E-state index in [1.54, 1.807) is 0 Å². The quantitative estimate of drug-likeness (QED) is 0.533. The normalized spacial score (nSPS) is 24.5. The second-order valence-electron chi connectivity index (χ2n) is 2.23. The summed E-state index contributed by atoms with van der Waals surface area (Å²) in [6, 6.07) is -0.0267. The van der Waals surface area contributed by atoms with Gasteiger partial charge in [-0.1, -0.05) is 43.0 Å². The van der Waals surface area contributed by atoms with E-state index in [4.69, 9.17) is 5.73 Å². The minimum atomic E-state index is -0.0267. The van der Waals surface area contributed by atoms with E-state index in [9.17, 15) is 0 Å². The van der Waals surface area contributed by atoms with Crippen molar-refractivity contribution in [3.8, 4) is 0 Å². The van der Waals surface area contributed by atoms with Crippen molar-refractivity contribution in [3.05, 3.63) is 48.6 Å². The lowest BCUT2D eigenvalue weighted by molar-refractivity contribution is 0.984. The van der Waals surface area contributed by atoms with Crippen LogP contribution in [0.3, 0.4) is 0 Å². The van der Waals surface area contributed by atoms with Gasteiger partial charge < -0.3 is 5.73 Å². The van der Waals surface area contributed by atoms with Gasteiger partial charge in [-0.3, -0.25) is 0 Å². The maximum Gasteiger partial charge on any atom is 0.0478 e. The summed E-state index contributed by atoms with van der Waals surface area (Å²) in [6.45, 7) is 3.80. The van der Waals surface area contributed by atoms with E-state index >= 15 is 0 Å². The summed E-state index contributed by atoms with van der Waals surface area (Å²) in [5.74, 6) is 0. The van der Waals surface area contributed by atoms with E-state index in [0.29, 0.717) is 0 Å². The first kappa shape index (κ1) is 7.03. The Labute approximate surface area is 61.2 Å². The first-order valence-electron chi connectivity index (χ1n) is 3.26. The monoisotopic (exact) mass is 133 g/mol. The van der Waals surface area contributed by atoms with Crippen LogP contribution in [0.4, 0.5) is 0 Å². The zero-order valence-corrected chi connectivity index (χ0v) is 5.83. The number of rotatable bonds is 0. The van der Waals surface area contributed by atoms with Crippen LogP contribution in [0.1, 0.15) is 0 Å². The van der Waals surface area contributed by atoms with Crippen molar-refractivity contribution in [2.24, 2.45) is 5.73 Å². The topological polar surface area (TPSA) is 26.0 Å². The first-order chi connectivity index (χ1) is 4.80. The van der Waals surface area contributed by atoms with Crippen LogP contribution in [-0.4, -0.2) is 6.04 Å². The Morgan fingerprint density at radius 2 is 1.90 bits per heavy atom. The molecule has 52 valence electrons. The van der Waals surface area contributed by atoms with E-state index < -0.39 is 0 Å². The molecule has 0 aliphatic heterocycles. The van der Waals surface area contributed by atoms with Crippen molar-refractivity contribution in [1.29, 1.82) is 0 Å². The fourth-order valence-electron chi connectivity index (χ4n) is 0.726. The molecular formula is C9H11N. The molecule has 0 aromatic heterocycles. The predicted molar refractivity (Wildman–Crippen MR) is 44.5 cm³/mol. The Kier molecular flexibility index (Phi) is 2.24. The fraction of sp³-hybridized carbons (Fsp3) is 0.111. The van der Waals surface area contributed by atoms with E-state index in [0.717, 1.165) is 5.57 Å². The Morgan fingerprint density at radius 1 is 1.20 bits per heavy atom. The second kappa shape index (κ2) is 3.18. The van der Waals surface area contributed by atoms with Gasteiger partial charge in [-0.2, -0.15) is 0 Å². The van der Waals surface area contributed by atoms with E-state index in [-0.39, 0.29) is 6.04 Å². The summed E-state index contributed by atoms with van der Waals surface area (Å²) in [6.07, 6.45) is 11.6. The van der Waals surface area contributed by atoms with Crippen molar-refractivity contribution < 1.29 is 0 Å². The number of nitrogens with two attached hydrogens (primary N) is 1. The van der Waals surface area contributed by atoms with Crippen LogP contribution in [0.25, 0.3) is 0 Å². The maximum absolute atomic E-state index is 5.68.